The van der Waals surface area contributed by atoms with Gasteiger partial charge in [-0.25, -0.2) is 0 Å². The van der Waals surface area contributed by atoms with Crippen molar-refractivity contribution < 1.29 is 9.72 Å². The summed E-state index contributed by atoms with van der Waals surface area (Å²) < 4.78 is 1.78. The number of carbonyl (C=O) groups excluding carboxylic acids is 1. The molecule has 1 atom stereocenters. The van der Waals surface area contributed by atoms with Crippen molar-refractivity contribution in [3.05, 3.63) is 110 Å². The van der Waals surface area contributed by atoms with Gasteiger partial charge < -0.3 is 5.32 Å². The Morgan fingerprint density at radius 3 is 2.34 bits per heavy atom. The van der Waals surface area contributed by atoms with E-state index in [1.54, 1.807) is 29.7 Å². The zero-order valence-electron chi connectivity index (χ0n) is 18.4. The molecule has 1 unspecified atom stereocenters. The first-order valence-electron chi connectivity index (χ1n) is 10.5. The Bertz CT molecular complexity index is 1340. The molecule has 178 valence electrons. The van der Waals surface area contributed by atoms with Crippen LogP contribution in [0.4, 0.5) is 5.69 Å². The van der Waals surface area contributed by atoms with Gasteiger partial charge >= 0.3 is 0 Å². The summed E-state index contributed by atoms with van der Waals surface area (Å²) in [4.78, 5) is 23.5. The van der Waals surface area contributed by atoms with Crippen molar-refractivity contribution in [2.45, 2.75) is 23.9 Å². The van der Waals surface area contributed by atoms with Crippen molar-refractivity contribution in [2.24, 2.45) is 0 Å². The van der Waals surface area contributed by atoms with Crippen LogP contribution in [0, 0.1) is 10.1 Å². The van der Waals surface area contributed by atoms with Crippen LogP contribution in [0.3, 0.4) is 0 Å². The summed E-state index contributed by atoms with van der Waals surface area (Å²) in [6, 6.07) is 20.0. The quantitative estimate of drug-likeness (QED) is 0.164. The molecule has 0 saturated heterocycles. The highest BCUT2D eigenvalue weighted by atomic mass is 35.5. The van der Waals surface area contributed by atoms with E-state index < -0.39 is 11.0 Å². The van der Waals surface area contributed by atoms with E-state index in [4.69, 9.17) is 23.2 Å². The number of nitrogens with one attached hydrogen (secondary N) is 1. The smallest absolute Gasteiger partial charge is 0.269 e. The third-order valence-electron chi connectivity index (χ3n) is 5.05. The summed E-state index contributed by atoms with van der Waals surface area (Å²) in [5.74, 6) is 0.739. The number of amides is 1. The second kappa shape index (κ2) is 10.9. The SMILES string of the molecule is CC(NC(=O)c1cc(Cl)cc(Cl)c1)c1nnc(SCc2ccccc2)n1-c1ccc([N+](=O)[O-])cc1. The van der Waals surface area contributed by atoms with Gasteiger partial charge in [0.1, 0.15) is 0 Å². The molecule has 0 spiro atoms. The minimum Gasteiger partial charge on any atom is -0.342 e. The summed E-state index contributed by atoms with van der Waals surface area (Å²) >= 11 is 13.5. The Morgan fingerprint density at radius 1 is 1.06 bits per heavy atom. The topological polar surface area (TPSA) is 103 Å². The van der Waals surface area contributed by atoms with Gasteiger partial charge in [0, 0.05) is 39.2 Å². The lowest BCUT2D eigenvalue weighted by molar-refractivity contribution is -0.384. The lowest BCUT2D eigenvalue weighted by Crippen LogP contribution is -2.28. The summed E-state index contributed by atoms with van der Waals surface area (Å²) in [6.45, 7) is 1.78. The maximum Gasteiger partial charge on any atom is 0.269 e. The first kappa shape index (κ1) is 24.7. The molecule has 11 heteroatoms. The van der Waals surface area contributed by atoms with Crippen LogP contribution in [-0.4, -0.2) is 25.6 Å². The molecular formula is C24H19Cl2N5O3S. The van der Waals surface area contributed by atoms with Gasteiger partial charge in [0.15, 0.2) is 11.0 Å². The van der Waals surface area contributed by atoms with Gasteiger partial charge in [-0.05, 0) is 42.8 Å². The highest BCUT2D eigenvalue weighted by molar-refractivity contribution is 7.98. The third kappa shape index (κ3) is 6.00. The van der Waals surface area contributed by atoms with Gasteiger partial charge in [0.05, 0.1) is 11.0 Å². The number of nitro benzene ring substituents is 1. The number of hydrogen-bond acceptors (Lipinski definition) is 6. The maximum atomic E-state index is 12.9. The first-order valence-corrected chi connectivity index (χ1v) is 12.2. The molecule has 4 aromatic rings. The van der Waals surface area contributed by atoms with Crippen LogP contribution in [-0.2, 0) is 5.75 Å². The van der Waals surface area contributed by atoms with Gasteiger partial charge in [0.25, 0.3) is 11.6 Å². The molecule has 0 aliphatic heterocycles. The number of thioether (sulfide) groups is 1. The van der Waals surface area contributed by atoms with Crippen LogP contribution in [0.1, 0.15) is 34.7 Å². The lowest BCUT2D eigenvalue weighted by Gasteiger charge is -2.16. The number of nitrogens with zero attached hydrogens (tertiary/aromatic N) is 4. The third-order valence-corrected chi connectivity index (χ3v) is 6.48. The van der Waals surface area contributed by atoms with E-state index in [0.717, 1.165) is 5.56 Å². The van der Waals surface area contributed by atoms with Gasteiger partial charge in [-0.2, -0.15) is 0 Å². The Balaban J connectivity index is 1.65. The standard InChI is InChI=1S/C24H19Cl2N5O3S/c1-15(27-23(32)17-11-18(25)13-19(26)12-17)22-28-29-24(35-14-16-5-3-2-4-6-16)30(22)20-7-9-21(10-8-20)31(33)34/h2-13,15H,14H2,1H3,(H,27,32). The number of aromatic nitrogens is 3. The molecule has 8 nitrogen and oxygen atoms in total. The summed E-state index contributed by atoms with van der Waals surface area (Å²) in [7, 11) is 0. The van der Waals surface area contributed by atoms with Gasteiger partial charge in [0.2, 0.25) is 0 Å². The van der Waals surface area contributed by atoms with Crippen LogP contribution in [0.25, 0.3) is 5.69 Å². The van der Waals surface area contributed by atoms with Crippen molar-refractivity contribution in [3.8, 4) is 5.69 Å². The number of hydrogen-bond donors (Lipinski definition) is 1. The Morgan fingerprint density at radius 2 is 1.71 bits per heavy atom. The molecule has 0 radical (unpaired) electrons. The van der Waals surface area contributed by atoms with Gasteiger partial charge in [-0.1, -0.05) is 65.3 Å². The highest BCUT2D eigenvalue weighted by Crippen LogP contribution is 2.29. The predicted octanol–water partition coefficient (Wildman–Crippen LogP) is 6.27. The molecule has 0 bridgehead atoms. The van der Waals surface area contributed by atoms with E-state index in [-0.39, 0.29) is 11.6 Å². The van der Waals surface area contributed by atoms with Gasteiger partial charge in [-0.3, -0.25) is 19.5 Å². The number of halogens is 2. The zero-order chi connectivity index (χ0) is 24.9. The molecule has 0 aliphatic carbocycles. The monoisotopic (exact) mass is 527 g/mol. The average Bonchev–Trinajstić information content (AvgIpc) is 3.27. The largest absolute Gasteiger partial charge is 0.342 e. The van der Waals surface area contributed by atoms with Crippen molar-refractivity contribution in [1.82, 2.24) is 20.1 Å². The Labute approximate surface area is 215 Å². The van der Waals surface area contributed by atoms with Gasteiger partial charge in [-0.15, -0.1) is 10.2 Å². The molecule has 35 heavy (non-hydrogen) atoms. The molecule has 1 N–H and O–H groups in total. The van der Waals surface area contributed by atoms with E-state index in [9.17, 15) is 14.9 Å². The molecule has 0 aliphatic rings. The van der Waals surface area contributed by atoms with E-state index >= 15 is 0 Å². The number of non-ortho nitro benzene ring substituents is 1. The predicted molar refractivity (Wildman–Crippen MR) is 136 cm³/mol. The van der Waals surface area contributed by atoms with E-state index in [2.05, 4.69) is 15.5 Å². The first-order chi connectivity index (χ1) is 16.8. The molecular weight excluding hydrogens is 509 g/mol. The fraction of sp³-hybridized carbons (Fsp3) is 0.125. The van der Waals surface area contributed by atoms with E-state index in [1.807, 2.05) is 30.3 Å². The van der Waals surface area contributed by atoms with Crippen LogP contribution < -0.4 is 5.32 Å². The van der Waals surface area contributed by atoms with Crippen LogP contribution in [0.15, 0.2) is 78.0 Å². The summed E-state index contributed by atoms with van der Waals surface area (Å²) in [5, 5.41) is 24.0. The highest BCUT2D eigenvalue weighted by Gasteiger charge is 2.22. The van der Waals surface area contributed by atoms with Crippen molar-refractivity contribution >= 4 is 46.6 Å². The number of benzene rings is 3. The second-order valence-electron chi connectivity index (χ2n) is 7.58. The van der Waals surface area contributed by atoms with E-state index in [0.29, 0.717) is 38.0 Å². The van der Waals surface area contributed by atoms with Crippen molar-refractivity contribution in [1.29, 1.82) is 0 Å². The normalized spacial score (nSPS) is 11.7. The summed E-state index contributed by atoms with van der Waals surface area (Å²) in [6.07, 6.45) is 0. The van der Waals surface area contributed by atoms with Crippen LogP contribution >= 0.6 is 35.0 Å². The minimum absolute atomic E-state index is 0.0268. The maximum absolute atomic E-state index is 12.9. The fourth-order valence-electron chi connectivity index (χ4n) is 3.37. The van der Waals surface area contributed by atoms with Crippen LogP contribution in [0.2, 0.25) is 10.0 Å². The molecule has 4 rings (SSSR count). The van der Waals surface area contributed by atoms with E-state index in [1.165, 1.54) is 36.0 Å². The fourth-order valence-corrected chi connectivity index (χ4v) is 4.81. The van der Waals surface area contributed by atoms with Crippen molar-refractivity contribution in [2.75, 3.05) is 0 Å². The second-order valence-corrected chi connectivity index (χ2v) is 9.39. The molecule has 0 fully saturated rings. The minimum atomic E-state index is -0.547. The average molecular weight is 528 g/mol. The number of rotatable bonds is 8. The zero-order valence-corrected chi connectivity index (χ0v) is 20.7. The Hall–Kier alpha value is -3.40. The Kier molecular flexibility index (Phi) is 7.70. The van der Waals surface area contributed by atoms with Crippen molar-refractivity contribution in [3.63, 3.8) is 0 Å². The number of carbonyl (C=O) groups is 1. The molecule has 3 aromatic carbocycles. The number of nitro groups is 1. The lowest BCUT2D eigenvalue weighted by atomic mass is 10.2. The molecule has 1 heterocycles. The molecule has 1 aromatic heterocycles. The summed E-state index contributed by atoms with van der Waals surface area (Å²) in [5.41, 5.74) is 2.03. The van der Waals surface area contributed by atoms with Crippen LogP contribution in [0.5, 0.6) is 0 Å². The molecule has 0 saturated carbocycles. The molecule has 1 amide bonds.